The molecule has 1 saturated heterocycles. The topological polar surface area (TPSA) is 119 Å². The van der Waals surface area contributed by atoms with Gasteiger partial charge in [0.05, 0.1) is 6.61 Å². The Morgan fingerprint density at radius 3 is 2.40 bits per heavy atom. The van der Waals surface area contributed by atoms with Crippen LogP contribution in [0, 0.1) is 0 Å². The standard InChI is InChI=1S/C13H17NO6/c15-6-8-10(16)11(17)9(13(19)20-8)14-12(18)7-4-2-1-3-5-7/h1-5,8-11,13,15-17,19H,6H2,(H,14,18)/t8?,9-,10+,11?,13?/m0/s1. The molecule has 5 atom stereocenters. The Morgan fingerprint density at radius 2 is 1.80 bits per heavy atom. The Labute approximate surface area is 115 Å². The largest absolute Gasteiger partial charge is 0.394 e. The number of rotatable bonds is 3. The van der Waals surface area contributed by atoms with Gasteiger partial charge in [-0.05, 0) is 12.1 Å². The number of aliphatic hydroxyl groups excluding tert-OH is 4. The Kier molecular flexibility index (Phi) is 4.69. The number of aliphatic hydroxyl groups is 4. The maximum absolute atomic E-state index is 11.9. The van der Waals surface area contributed by atoms with Crippen molar-refractivity contribution >= 4 is 5.91 Å². The first-order chi connectivity index (χ1) is 9.54. The molecule has 1 aromatic rings. The van der Waals surface area contributed by atoms with E-state index in [-0.39, 0.29) is 0 Å². The molecule has 5 N–H and O–H groups in total. The van der Waals surface area contributed by atoms with Crippen LogP contribution in [-0.2, 0) is 4.74 Å². The molecule has 0 bridgehead atoms. The first-order valence-electron chi connectivity index (χ1n) is 6.21. The van der Waals surface area contributed by atoms with Gasteiger partial charge in [0.15, 0.2) is 6.29 Å². The van der Waals surface area contributed by atoms with Crippen LogP contribution in [-0.4, -0.2) is 63.6 Å². The lowest BCUT2D eigenvalue weighted by molar-refractivity contribution is -0.252. The van der Waals surface area contributed by atoms with Crippen LogP contribution < -0.4 is 5.32 Å². The average Bonchev–Trinajstić information content (AvgIpc) is 2.48. The number of nitrogens with one attached hydrogen (secondary N) is 1. The van der Waals surface area contributed by atoms with E-state index in [0.717, 1.165) is 0 Å². The summed E-state index contributed by atoms with van der Waals surface area (Å²) in [5, 5.41) is 40.7. The molecule has 0 aliphatic carbocycles. The smallest absolute Gasteiger partial charge is 0.251 e. The summed E-state index contributed by atoms with van der Waals surface area (Å²) in [5.74, 6) is -0.507. The molecular weight excluding hydrogens is 266 g/mol. The van der Waals surface area contributed by atoms with Crippen LogP contribution >= 0.6 is 0 Å². The molecular formula is C13H17NO6. The van der Waals surface area contributed by atoms with Crippen LogP contribution in [0.3, 0.4) is 0 Å². The van der Waals surface area contributed by atoms with Gasteiger partial charge in [-0.25, -0.2) is 0 Å². The molecule has 110 valence electrons. The summed E-state index contributed by atoms with van der Waals surface area (Å²) < 4.78 is 4.95. The van der Waals surface area contributed by atoms with E-state index in [0.29, 0.717) is 5.56 Å². The summed E-state index contributed by atoms with van der Waals surface area (Å²) in [4.78, 5) is 11.9. The number of hydrogen-bond acceptors (Lipinski definition) is 6. The van der Waals surface area contributed by atoms with Crippen LogP contribution in [0.25, 0.3) is 0 Å². The van der Waals surface area contributed by atoms with Crippen LogP contribution in [0.1, 0.15) is 10.4 Å². The summed E-state index contributed by atoms with van der Waals surface area (Å²) >= 11 is 0. The van der Waals surface area contributed by atoms with Gasteiger partial charge in [-0.3, -0.25) is 4.79 Å². The normalized spacial score (nSPS) is 33.7. The third kappa shape index (κ3) is 2.97. The third-order valence-electron chi connectivity index (χ3n) is 3.23. The van der Waals surface area contributed by atoms with Crippen LogP contribution in [0.2, 0.25) is 0 Å². The van der Waals surface area contributed by atoms with Crippen molar-refractivity contribution in [1.29, 1.82) is 0 Å². The van der Waals surface area contributed by atoms with Crippen molar-refractivity contribution in [2.24, 2.45) is 0 Å². The third-order valence-corrected chi connectivity index (χ3v) is 3.23. The lowest BCUT2D eigenvalue weighted by Crippen LogP contribution is -2.64. The van der Waals surface area contributed by atoms with Crippen LogP contribution in [0.15, 0.2) is 30.3 Å². The minimum atomic E-state index is -1.52. The summed E-state index contributed by atoms with van der Waals surface area (Å²) in [6.07, 6.45) is -5.45. The number of ether oxygens (including phenoxy) is 1. The molecule has 3 unspecified atom stereocenters. The number of benzene rings is 1. The summed E-state index contributed by atoms with van der Waals surface area (Å²) in [6.45, 7) is -0.547. The zero-order valence-corrected chi connectivity index (χ0v) is 10.6. The Balaban J connectivity index is 2.07. The van der Waals surface area contributed by atoms with Gasteiger partial charge in [0.25, 0.3) is 5.91 Å². The number of amides is 1. The molecule has 1 heterocycles. The monoisotopic (exact) mass is 283 g/mol. The highest BCUT2D eigenvalue weighted by molar-refractivity contribution is 5.94. The van der Waals surface area contributed by atoms with Crippen molar-refractivity contribution in [2.75, 3.05) is 6.61 Å². The Morgan fingerprint density at radius 1 is 1.15 bits per heavy atom. The van der Waals surface area contributed by atoms with Gasteiger partial charge in [0, 0.05) is 5.56 Å². The van der Waals surface area contributed by atoms with Gasteiger partial charge < -0.3 is 30.5 Å². The maximum atomic E-state index is 11.9. The predicted molar refractivity (Wildman–Crippen MR) is 67.7 cm³/mol. The summed E-state index contributed by atoms with van der Waals surface area (Å²) in [5.41, 5.74) is 0.352. The van der Waals surface area contributed by atoms with E-state index >= 15 is 0 Å². The van der Waals surface area contributed by atoms with Crippen molar-refractivity contribution in [3.8, 4) is 0 Å². The number of carbonyl (C=O) groups is 1. The highest BCUT2D eigenvalue weighted by Gasteiger charge is 2.44. The number of carbonyl (C=O) groups excluding carboxylic acids is 1. The first kappa shape index (κ1) is 14.9. The highest BCUT2D eigenvalue weighted by Crippen LogP contribution is 2.20. The van der Waals surface area contributed by atoms with Gasteiger partial charge in [-0.15, -0.1) is 0 Å². The minimum Gasteiger partial charge on any atom is -0.394 e. The fraction of sp³-hybridized carbons (Fsp3) is 0.462. The Hall–Kier alpha value is -1.51. The second-order valence-electron chi connectivity index (χ2n) is 4.59. The maximum Gasteiger partial charge on any atom is 0.251 e. The fourth-order valence-electron chi connectivity index (χ4n) is 2.08. The molecule has 1 aromatic carbocycles. The molecule has 0 aromatic heterocycles. The molecule has 0 saturated carbocycles. The van der Waals surface area contributed by atoms with Crippen molar-refractivity contribution in [3.63, 3.8) is 0 Å². The molecule has 7 heteroatoms. The second kappa shape index (κ2) is 6.29. The van der Waals surface area contributed by atoms with Crippen LogP contribution in [0.5, 0.6) is 0 Å². The first-order valence-corrected chi connectivity index (χ1v) is 6.21. The van der Waals surface area contributed by atoms with Crippen molar-refractivity contribution in [3.05, 3.63) is 35.9 Å². The van der Waals surface area contributed by atoms with E-state index in [1.807, 2.05) is 0 Å². The molecule has 1 fully saturated rings. The quantitative estimate of drug-likeness (QED) is 0.447. The van der Waals surface area contributed by atoms with Gasteiger partial charge in [0.2, 0.25) is 0 Å². The van der Waals surface area contributed by atoms with E-state index in [4.69, 9.17) is 9.84 Å². The van der Waals surface area contributed by atoms with Gasteiger partial charge in [0.1, 0.15) is 24.4 Å². The van der Waals surface area contributed by atoms with Crippen LogP contribution in [0.4, 0.5) is 0 Å². The van der Waals surface area contributed by atoms with E-state index in [1.165, 1.54) is 0 Å². The number of hydrogen-bond donors (Lipinski definition) is 5. The van der Waals surface area contributed by atoms with E-state index in [2.05, 4.69) is 5.32 Å². The predicted octanol–water partition coefficient (Wildman–Crippen LogP) is -1.78. The van der Waals surface area contributed by atoms with E-state index < -0.39 is 43.2 Å². The SMILES string of the molecule is O=C(N[C@@H]1C(O)OC(CO)[C@@H](O)C1O)c1ccccc1. The fourth-order valence-corrected chi connectivity index (χ4v) is 2.08. The zero-order chi connectivity index (χ0) is 14.7. The molecule has 2 rings (SSSR count). The summed E-state index contributed by atoms with van der Waals surface area (Å²) in [6, 6.07) is 7.07. The molecule has 1 amide bonds. The molecule has 20 heavy (non-hydrogen) atoms. The van der Waals surface area contributed by atoms with Crippen molar-refractivity contribution in [1.82, 2.24) is 5.32 Å². The zero-order valence-electron chi connectivity index (χ0n) is 10.6. The van der Waals surface area contributed by atoms with Gasteiger partial charge in [-0.2, -0.15) is 0 Å². The average molecular weight is 283 g/mol. The van der Waals surface area contributed by atoms with Crippen molar-refractivity contribution < 1.29 is 30.0 Å². The van der Waals surface area contributed by atoms with Gasteiger partial charge >= 0.3 is 0 Å². The highest BCUT2D eigenvalue weighted by atomic mass is 16.6. The van der Waals surface area contributed by atoms with E-state index in [1.54, 1.807) is 30.3 Å². The molecule has 0 spiro atoms. The molecule has 0 radical (unpaired) electrons. The minimum absolute atomic E-state index is 0.352. The van der Waals surface area contributed by atoms with Gasteiger partial charge in [-0.1, -0.05) is 18.2 Å². The summed E-state index contributed by atoms with van der Waals surface area (Å²) in [7, 11) is 0. The van der Waals surface area contributed by atoms with Crippen molar-refractivity contribution in [2.45, 2.75) is 30.6 Å². The lowest BCUT2D eigenvalue weighted by Gasteiger charge is -2.40. The molecule has 7 nitrogen and oxygen atoms in total. The second-order valence-corrected chi connectivity index (χ2v) is 4.59. The Bertz CT molecular complexity index is 453. The lowest BCUT2D eigenvalue weighted by atomic mass is 9.97. The molecule has 1 aliphatic heterocycles. The molecule has 1 aliphatic rings. The van der Waals surface area contributed by atoms with E-state index in [9.17, 15) is 20.1 Å².